The normalized spacial score (nSPS) is 15.3. The maximum atomic E-state index is 10.1. The summed E-state index contributed by atoms with van der Waals surface area (Å²) >= 11 is 0. The number of carbonyl (C=O) groups is 1. The highest BCUT2D eigenvalue weighted by Crippen LogP contribution is 1.97. The van der Waals surface area contributed by atoms with E-state index in [1.54, 1.807) is 0 Å². The predicted octanol–water partition coefficient (Wildman–Crippen LogP) is -0.824. The fraction of sp³-hybridized carbons (Fsp3) is 0.400. The van der Waals surface area contributed by atoms with Crippen LogP contribution in [0.25, 0.3) is 0 Å². The van der Waals surface area contributed by atoms with Crippen LogP contribution in [0.3, 0.4) is 0 Å². The monoisotopic (exact) mass is 129 g/mol. The minimum atomic E-state index is -1.58. The minimum Gasteiger partial charge on any atom is -0.480 e. The minimum absolute atomic E-state index is 0.759. The Hall–Kier alpha value is -1.12. The molecule has 0 aromatic heterocycles. The Bertz CT molecular complexity index is 163. The molecule has 1 atom stereocenters. The number of aliphatic carboxylic acids is 1. The molecular formula is C5H7NO3. The first-order valence-corrected chi connectivity index (χ1v) is 2.25. The number of rotatable bonds is 2. The Morgan fingerprint density at radius 1 is 1.89 bits per heavy atom. The molecule has 0 saturated carbocycles. The van der Waals surface area contributed by atoms with Crippen LogP contribution in [-0.4, -0.2) is 22.6 Å². The summed E-state index contributed by atoms with van der Waals surface area (Å²) in [6.07, 6.45) is 0.759. The summed E-state index contributed by atoms with van der Waals surface area (Å²) in [5, 5.41) is 8.24. The molecule has 0 aromatic carbocycles. The lowest BCUT2D eigenvalue weighted by atomic mass is 10.1. The van der Waals surface area contributed by atoms with E-state index in [9.17, 15) is 9.59 Å². The molecule has 4 heteroatoms. The topological polar surface area (TPSA) is 80.4 Å². The van der Waals surface area contributed by atoms with E-state index in [2.05, 4.69) is 0 Å². The standard InChI is InChI=1S/C5H7NO3/c1-5(6,2-3-7)4(8)9/h2H,6H2,1H3,(H,8,9). The second-order valence-corrected chi connectivity index (χ2v) is 1.85. The van der Waals surface area contributed by atoms with Crippen LogP contribution in [0, 0.1) is 0 Å². The van der Waals surface area contributed by atoms with E-state index in [4.69, 9.17) is 10.8 Å². The lowest BCUT2D eigenvalue weighted by molar-refractivity contribution is -0.140. The van der Waals surface area contributed by atoms with Crippen LogP contribution < -0.4 is 5.73 Å². The molecule has 0 bridgehead atoms. The first-order chi connectivity index (χ1) is 4.00. The summed E-state index contributed by atoms with van der Waals surface area (Å²) < 4.78 is 0. The molecule has 0 spiro atoms. The van der Waals surface area contributed by atoms with Gasteiger partial charge in [0.1, 0.15) is 11.5 Å². The van der Waals surface area contributed by atoms with E-state index in [1.807, 2.05) is 0 Å². The SMILES string of the molecule is CC(N)(C=C=O)C(=O)O. The van der Waals surface area contributed by atoms with Crippen LogP contribution in [-0.2, 0) is 9.59 Å². The van der Waals surface area contributed by atoms with Gasteiger partial charge in [-0.3, -0.25) is 0 Å². The summed E-state index contributed by atoms with van der Waals surface area (Å²) in [7, 11) is 0. The maximum absolute atomic E-state index is 10.1. The largest absolute Gasteiger partial charge is 0.480 e. The molecule has 0 amide bonds. The summed E-state index contributed by atoms with van der Waals surface area (Å²) in [5.41, 5.74) is 3.47. The van der Waals surface area contributed by atoms with Gasteiger partial charge in [-0.1, -0.05) is 0 Å². The second-order valence-electron chi connectivity index (χ2n) is 1.85. The van der Waals surface area contributed by atoms with Crippen molar-refractivity contribution in [3.05, 3.63) is 6.08 Å². The number of carboxylic acid groups (broad SMARTS) is 1. The van der Waals surface area contributed by atoms with Gasteiger partial charge in [0, 0.05) is 6.08 Å². The van der Waals surface area contributed by atoms with Gasteiger partial charge in [0.25, 0.3) is 0 Å². The van der Waals surface area contributed by atoms with Crippen molar-refractivity contribution in [2.24, 2.45) is 5.73 Å². The quantitative estimate of drug-likeness (QED) is 0.477. The summed E-state index contributed by atoms with van der Waals surface area (Å²) in [6, 6.07) is 0. The summed E-state index contributed by atoms with van der Waals surface area (Å²) in [4.78, 5) is 19.7. The molecular weight excluding hydrogens is 122 g/mol. The van der Waals surface area contributed by atoms with E-state index >= 15 is 0 Å². The highest BCUT2D eigenvalue weighted by Gasteiger charge is 2.24. The Balaban J connectivity index is 4.37. The highest BCUT2D eigenvalue weighted by atomic mass is 16.4. The smallest absolute Gasteiger partial charge is 0.328 e. The number of hydrogen-bond donors (Lipinski definition) is 2. The van der Waals surface area contributed by atoms with Crippen molar-refractivity contribution < 1.29 is 14.7 Å². The zero-order valence-corrected chi connectivity index (χ0v) is 4.92. The molecule has 0 rings (SSSR count). The molecule has 0 aliphatic rings. The number of carboxylic acids is 1. The lowest BCUT2D eigenvalue weighted by Crippen LogP contribution is -2.42. The van der Waals surface area contributed by atoms with Gasteiger partial charge in [-0.2, -0.15) is 0 Å². The number of carbonyl (C=O) groups excluding carboxylic acids is 1. The first kappa shape index (κ1) is 7.88. The zero-order chi connectivity index (χ0) is 7.49. The van der Waals surface area contributed by atoms with Gasteiger partial charge < -0.3 is 10.8 Å². The van der Waals surface area contributed by atoms with E-state index < -0.39 is 11.5 Å². The van der Waals surface area contributed by atoms with Gasteiger partial charge in [-0.05, 0) is 6.92 Å². The van der Waals surface area contributed by atoms with Gasteiger partial charge in [-0.25, -0.2) is 9.59 Å². The third-order valence-electron chi connectivity index (χ3n) is 0.820. The molecule has 0 heterocycles. The van der Waals surface area contributed by atoms with E-state index in [1.165, 1.54) is 12.9 Å². The summed E-state index contributed by atoms with van der Waals surface area (Å²) in [6.45, 7) is 1.21. The number of nitrogens with two attached hydrogens (primary N) is 1. The van der Waals surface area contributed by atoms with Crippen LogP contribution in [0.2, 0.25) is 0 Å². The van der Waals surface area contributed by atoms with Gasteiger partial charge >= 0.3 is 5.97 Å². The zero-order valence-electron chi connectivity index (χ0n) is 4.92. The maximum Gasteiger partial charge on any atom is 0.328 e. The molecule has 0 aliphatic heterocycles. The van der Waals surface area contributed by atoms with Crippen LogP contribution in [0.5, 0.6) is 0 Å². The van der Waals surface area contributed by atoms with Crippen molar-refractivity contribution in [1.29, 1.82) is 0 Å². The van der Waals surface area contributed by atoms with Crippen LogP contribution in [0.4, 0.5) is 0 Å². The number of hydrogen-bond acceptors (Lipinski definition) is 3. The molecule has 0 fully saturated rings. The first-order valence-electron chi connectivity index (χ1n) is 2.25. The Kier molecular flexibility index (Phi) is 2.13. The van der Waals surface area contributed by atoms with E-state index in [0.717, 1.165) is 6.08 Å². The third kappa shape index (κ3) is 2.08. The molecule has 1 unspecified atom stereocenters. The Morgan fingerprint density at radius 3 is 2.44 bits per heavy atom. The van der Waals surface area contributed by atoms with E-state index in [0.29, 0.717) is 0 Å². The molecule has 3 N–H and O–H groups in total. The molecule has 50 valence electrons. The second kappa shape index (κ2) is 2.44. The van der Waals surface area contributed by atoms with Crippen molar-refractivity contribution in [3.8, 4) is 0 Å². The highest BCUT2D eigenvalue weighted by molar-refractivity contribution is 5.82. The summed E-state index contributed by atoms with van der Waals surface area (Å²) in [5.74, 6) is 0.0639. The van der Waals surface area contributed by atoms with Crippen LogP contribution >= 0.6 is 0 Å². The molecule has 0 aromatic rings. The lowest BCUT2D eigenvalue weighted by Gasteiger charge is -2.09. The van der Waals surface area contributed by atoms with Crippen molar-refractivity contribution in [1.82, 2.24) is 0 Å². The van der Waals surface area contributed by atoms with E-state index in [-0.39, 0.29) is 0 Å². The van der Waals surface area contributed by atoms with Gasteiger partial charge in [0.15, 0.2) is 0 Å². The van der Waals surface area contributed by atoms with Gasteiger partial charge in [-0.15, -0.1) is 0 Å². The van der Waals surface area contributed by atoms with Crippen molar-refractivity contribution in [3.63, 3.8) is 0 Å². The fourth-order valence-corrected chi connectivity index (χ4v) is 0.184. The van der Waals surface area contributed by atoms with Crippen LogP contribution in [0.1, 0.15) is 6.92 Å². The molecule has 0 aliphatic carbocycles. The average molecular weight is 129 g/mol. The van der Waals surface area contributed by atoms with Gasteiger partial charge in [0.05, 0.1) is 0 Å². The van der Waals surface area contributed by atoms with Crippen molar-refractivity contribution >= 4 is 11.9 Å². The predicted molar refractivity (Wildman–Crippen MR) is 30.5 cm³/mol. The van der Waals surface area contributed by atoms with Gasteiger partial charge in [0.2, 0.25) is 0 Å². The molecule has 4 nitrogen and oxygen atoms in total. The van der Waals surface area contributed by atoms with Crippen LogP contribution in [0.15, 0.2) is 6.08 Å². The Morgan fingerprint density at radius 2 is 2.33 bits per heavy atom. The third-order valence-corrected chi connectivity index (χ3v) is 0.820. The molecule has 9 heavy (non-hydrogen) atoms. The molecule has 0 saturated heterocycles. The van der Waals surface area contributed by atoms with Crippen molar-refractivity contribution in [2.45, 2.75) is 12.5 Å². The Labute approximate surface area is 52.0 Å². The van der Waals surface area contributed by atoms with Crippen molar-refractivity contribution in [2.75, 3.05) is 0 Å². The fourth-order valence-electron chi connectivity index (χ4n) is 0.184. The molecule has 0 radical (unpaired) electrons. The average Bonchev–Trinajstić information content (AvgIpc) is 1.65.